The number of nitrogens with two attached hydrogens (primary N) is 1. The van der Waals surface area contributed by atoms with Gasteiger partial charge in [-0.2, -0.15) is 5.10 Å². The summed E-state index contributed by atoms with van der Waals surface area (Å²) in [5, 5.41) is 7.93. The molecule has 0 radical (unpaired) electrons. The standard InChI is InChI=1S/C15H24N4O/c1-8(2)14-13(16)15(19(6)18-14)17-10(4)12-7-9(3)20-11(12)5/h7-8,10,17H,16H2,1-6H3. The maximum absolute atomic E-state index is 6.21. The topological polar surface area (TPSA) is 69.0 Å². The van der Waals surface area contributed by atoms with Gasteiger partial charge in [0.25, 0.3) is 0 Å². The molecule has 0 fully saturated rings. The van der Waals surface area contributed by atoms with Gasteiger partial charge in [-0.3, -0.25) is 4.68 Å². The highest BCUT2D eigenvalue weighted by atomic mass is 16.3. The number of aromatic nitrogens is 2. The Hall–Kier alpha value is -1.91. The van der Waals surface area contributed by atoms with Crippen LogP contribution in [0.25, 0.3) is 0 Å². The molecule has 1 atom stereocenters. The molecule has 2 aromatic rings. The average molecular weight is 276 g/mol. The maximum Gasteiger partial charge on any atom is 0.148 e. The van der Waals surface area contributed by atoms with E-state index in [2.05, 4.69) is 37.3 Å². The molecule has 0 aliphatic rings. The Bertz CT molecular complexity index is 610. The number of anilines is 2. The SMILES string of the molecule is Cc1cc(C(C)Nc2c(N)c(C(C)C)nn2C)c(C)o1. The first-order chi connectivity index (χ1) is 9.31. The molecule has 0 aliphatic heterocycles. The maximum atomic E-state index is 6.21. The van der Waals surface area contributed by atoms with Crippen LogP contribution < -0.4 is 11.1 Å². The molecule has 2 heterocycles. The van der Waals surface area contributed by atoms with Gasteiger partial charge in [0.15, 0.2) is 0 Å². The van der Waals surface area contributed by atoms with Crippen molar-refractivity contribution >= 4 is 11.5 Å². The number of aryl methyl sites for hydroxylation is 3. The Kier molecular flexibility index (Phi) is 3.79. The zero-order chi connectivity index (χ0) is 15.0. The number of furan rings is 1. The molecule has 2 rings (SSSR count). The van der Waals surface area contributed by atoms with Crippen molar-refractivity contribution in [2.45, 2.75) is 46.6 Å². The van der Waals surface area contributed by atoms with Gasteiger partial charge in [-0.1, -0.05) is 13.8 Å². The number of nitrogens with one attached hydrogen (secondary N) is 1. The Labute approximate surface area is 120 Å². The van der Waals surface area contributed by atoms with Crippen LogP contribution in [0, 0.1) is 13.8 Å². The second-order valence-corrected chi connectivity index (χ2v) is 5.66. The van der Waals surface area contributed by atoms with Gasteiger partial charge in [-0.25, -0.2) is 0 Å². The summed E-state index contributed by atoms with van der Waals surface area (Å²) in [5.74, 6) is 3.03. The third-order valence-corrected chi connectivity index (χ3v) is 3.56. The molecule has 5 heteroatoms. The van der Waals surface area contributed by atoms with Gasteiger partial charge in [0.05, 0.1) is 17.4 Å². The molecule has 0 saturated carbocycles. The van der Waals surface area contributed by atoms with E-state index in [1.165, 1.54) is 0 Å². The molecular formula is C15H24N4O. The van der Waals surface area contributed by atoms with Gasteiger partial charge in [0.1, 0.15) is 17.3 Å². The van der Waals surface area contributed by atoms with Gasteiger partial charge >= 0.3 is 0 Å². The summed E-state index contributed by atoms with van der Waals surface area (Å²) in [6, 6.07) is 2.17. The van der Waals surface area contributed by atoms with Crippen molar-refractivity contribution in [1.82, 2.24) is 9.78 Å². The highest BCUT2D eigenvalue weighted by Crippen LogP contribution is 2.31. The van der Waals surface area contributed by atoms with Crippen molar-refractivity contribution in [3.63, 3.8) is 0 Å². The lowest BCUT2D eigenvalue weighted by molar-refractivity contribution is 0.499. The number of hydrogen-bond donors (Lipinski definition) is 2. The van der Waals surface area contributed by atoms with Crippen LogP contribution in [0.15, 0.2) is 10.5 Å². The van der Waals surface area contributed by atoms with E-state index in [1.54, 1.807) is 0 Å². The van der Waals surface area contributed by atoms with Crippen LogP contribution >= 0.6 is 0 Å². The zero-order valence-corrected chi connectivity index (χ0v) is 13.1. The minimum Gasteiger partial charge on any atom is -0.466 e. The van der Waals surface area contributed by atoms with Crippen molar-refractivity contribution in [2.75, 3.05) is 11.1 Å². The van der Waals surface area contributed by atoms with Crippen molar-refractivity contribution in [3.05, 3.63) is 28.8 Å². The van der Waals surface area contributed by atoms with Gasteiger partial charge in [-0.05, 0) is 32.8 Å². The lowest BCUT2D eigenvalue weighted by Gasteiger charge is -2.15. The van der Waals surface area contributed by atoms with E-state index in [-0.39, 0.29) is 6.04 Å². The summed E-state index contributed by atoms with van der Waals surface area (Å²) in [6.07, 6.45) is 0. The van der Waals surface area contributed by atoms with Crippen molar-refractivity contribution in [2.24, 2.45) is 7.05 Å². The highest BCUT2D eigenvalue weighted by Gasteiger charge is 2.19. The number of nitrogen functional groups attached to an aromatic ring is 1. The van der Waals surface area contributed by atoms with E-state index in [1.807, 2.05) is 25.6 Å². The summed E-state index contributed by atoms with van der Waals surface area (Å²) in [7, 11) is 1.91. The number of hydrogen-bond acceptors (Lipinski definition) is 4. The number of rotatable bonds is 4. The molecule has 0 spiro atoms. The third-order valence-electron chi connectivity index (χ3n) is 3.56. The van der Waals surface area contributed by atoms with Crippen molar-refractivity contribution < 1.29 is 4.42 Å². The second kappa shape index (κ2) is 5.23. The first kappa shape index (κ1) is 14.5. The first-order valence-electron chi connectivity index (χ1n) is 6.97. The van der Waals surface area contributed by atoms with Crippen LogP contribution in [-0.2, 0) is 7.05 Å². The van der Waals surface area contributed by atoms with E-state index in [0.29, 0.717) is 5.92 Å². The van der Waals surface area contributed by atoms with Gasteiger partial charge < -0.3 is 15.5 Å². The lowest BCUT2D eigenvalue weighted by Crippen LogP contribution is -2.11. The fourth-order valence-corrected chi connectivity index (χ4v) is 2.52. The van der Waals surface area contributed by atoms with Crippen LogP contribution in [0.2, 0.25) is 0 Å². The normalized spacial score (nSPS) is 12.9. The Morgan fingerprint density at radius 2 is 1.95 bits per heavy atom. The fourth-order valence-electron chi connectivity index (χ4n) is 2.52. The van der Waals surface area contributed by atoms with E-state index >= 15 is 0 Å². The smallest absolute Gasteiger partial charge is 0.148 e. The second-order valence-electron chi connectivity index (χ2n) is 5.66. The predicted octanol–water partition coefficient (Wildman–Crippen LogP) is 3.51. The quantitative estimate of drug-likeness (QED) is 0.896. The largest absolute Gasteiger partial charge is 0.466 e. The van der Waals surface area contributed by atoms with Crippen molar-refractivity contribution in [3.8, 4) is 0 Å². The monoisotopic (exact) mass is 276 g/mol. The molecule has 1 unspecified atom stereocenters. The average Bonchev–Trinajstić information content (AvgIpc) is 2.82. The minimum atomic E-state index is 0.116. The van der Waals surface area contributed by atoms with Gasteiger partial charge in [0.2, 0.25) is 0 Å². The van der Waals surface area contributed by atoms with Gasteiger partial charge in [0, 0.05) is 12.6 Å². The Morgan fingerprint density at radius 1 is 1.30 bits per heavy atom. The van der Waals surface area contributed by atoms with E-state index in [9.17, 15) is 0 Å². The van der Waals surface area contributed by atoms with Crippen molar-refractivity contribution in [1.29, 1.82) is 0 Å². The highest BCUT2D eigenvalue weighted by molar-refractivity contribution is 5.66. The third kappa shape index (κ3) is 2.53. The first-order valence-corrected chi connectivity index (χ1v) is 6.97. The fraction of sp³-hybridized carbons (Fsp3) is 0.533. The summed E-state index contributed by atoms with van der Waals surface area (Å²) < 4.78 is 7.39. The summed E-state index contributed by atoms with van der Waals surface area (Å²) in [6.45, 7) is 10.2. The molecular weight excluding hydrogens is 252 g/mol. The molecule has 5 nitrogen and oxygen atoms in total. The molecule has 3 N–H and O–H groups in total. The molecule has 110 valence electrons. The summed E-state index contributed by atoms with van der Waals surface area (Å²) in [4.78, 5) is 0. The molecule has 20 heavy (non-hydrogen) atoms. The molecule has 0 amide bonds. The van der Waals surface area contributed by atoms with Crippen LogP contribution in [0.5, 0.6) is 0 Å². The van der Waals surface area contributed by atoms with Crippen LogP contribution in [0.4, 0.5) is 11.5 Å². The van der Waals surface area contributed by atoms with E-state index in [0.717, 1.165) is 34.3 Å². The van der Waals surface area contributed by atoms with Crippen LogP contribution in [0.1, 0.15) is 55.5 Å². The molecule has 0 bridgehead atoms. The summed E-state index contributed by atoms with van der Waals surface area (Å²) >= 11 is 0. The van der Waals surface area contributed by atoms with Gasteiger partial charge in [-0.15, -0.1) is 0 Å². The lowest BCUT2D eigenvalue weighted by atomic mass is 10.1. The Morgan fingerprint density at radius 3 is 2.40 bits per heavy atom. The number of nitrogens with zero attached hydrogens (tertiary/aromatic N) is 2. The van der Waals surface area contributed by atoms with E-state index in [4.69, 9.17) is 10.2 Å². The minimum absolute atomic E-state index is 0.116. The molecule has 0 saturated heterocycles. The molecule has 2 aromatic heterocycles. The molecule has 0 aromatic carbocycles. The summed E-state index contributed by atoms with van der Waals surface area (Å²) in [5.41, 5.74) is 9.01. The van der Waals surface area contributed by atoms with Crippen LogP contribution in [0.3, 0.4) is 0 Å². The molecule has 0 aliphatic carbocycles. The predicted molar refractivity (Wildman–Crippen MR) is 81.9 cm³/mol. The Balaban J connectivity index is 2.28. The van der Waals surface area contributed by atoms with E-state index < -0.39 is 0 Å². The van der Waals surface area contributed by atoms with Crippen LogP contribution in [-0.4, -0.2) is 9.78 Å². The zero-order valence-electron chi connectivity index (χ0n) is 13.1.